The number of ketones is 1. The number of rotatable bonds is 9. The van der Waals surface area contributed by atoms with Crippen molar-refractivity contribution >= 4 is 21.9 Å². The number of hydrogen-bond donors (Lipinski definition) is 0. The molecular weight excluding hydrogens is 430 g/mol. The maximum Gasteiger partial charge on any atom is 0.282 e. The average molecular weight is 460 g/mol. The monoisotopic (exact) mass is 459 g/mol. The first-order chi connectivity index (χ1) is 15.4. The van der Waals surface area contributed by atoms with Crippen LogP contribution in [0.3, 0.4) is 0 Å². The summed E-state index contributed by atoms with van der Waals surface area (Å²) >= 11 is 0. The van der Waals surface area contributed by atoms with Crippen molar-refractivity contribution in [3.05, 3.63) is 65.7 Å². The lowest BCUT2D eigenvalue weighted by Crippen LogP contribution is -2.54. The van der Waals surface area contributed by atoms with E-state index in [0.29, 0.717) is 43.1 Å². The van der Waals surface area contributed by atoms with Gasteiger partial charge in [0.2, 0.25) is 0 Å². The van der Waals surface area contributed by atoms with Crippen LogP contribution in [0.4, 0.5) is 0 Å². The number of benzene rings is 2. The van der Waals surface area contributed by atoms with Crippen LogP contribution in [-0.4, -0.2) is 79.5 Å². The number of ether oxygens (including phenoxy) is 1. The van der Waals surface area contributed by atoms with E-state index in [-0.39, 0.29) is 31.4 Å². The fraction of sp³-hybridized carbons (Fsp3) is 0.391. The third kappa shape index (κ3) is 5.53. The van der Waals surface area contributed by atoms with Crippen LogP contribution in [-0.2, 0) is 15.0 Å². The summed E-state index contributed by atoms with van der Waals surface area (Å²) in [7, 11) is -3.49. The van der Waals surface area contributed by atoms with E-state index in [1.54, 1.807) is 41.3 Å². The number of amides is 1. The molecule has 8 nitrogen and oxygen atoms in total. The van der Waals surface area contributed by atoms with Gasteiger partial charge in [-0.2, -0.15) is 17.0 Å². The van der Waals surface area contributed by atoms with Crippen LogP contribution >= 0.6 is 0 Å². The van der Waals surface area contributed by atoms with Gasteiger partial charge in [-0.15, -0.1) is 0 Å². The second-order valence-corrected chi connectivity index (χ2v) is 9.31. The highest BCUT2D eigenvalue weighted by molar-refractivity contribution is 7.86. The summed E-state index contributed by atoms with van der Waals surface area (Å²) < 4.78 is 33.6. The number of nitrogens with zero attached hydrogens (tertiary/aromatic N) is 3. The molecule has 0 N–H and O–H groups in total. The van der Waals surface area contributed by atoms with E-state index >= 15 is 0 Å². The molecule has 1 fully saturated rings. The molecule has 1 heterocycles. The Labute approximate surface area is 189 Å². The molecule has 0 unspecified atom stereocenters. The summed E-state index contributed by atoms with van der Waals surface area (Å²) in [5.41, 5.74) is 1.15. The molecule has 1 aliphatic heterocycles. The van der Waals surface area contributed by atoms with Gasteiger partial charge in [-0.3, -0.25) is 9.59 Å². The minimum atomic E-state index is -3.49. The zero-order valence-electron chi connectivity index (χ0n) is 18.4. The normalized spacial score (nSPS) is 15.0. The summed E-state index contributed by atoms with van der Waals surface area (Å²) in [6, 6.07) is 15.7. The molecule has 1 amide bonds. The molecule has 0 saturated carbocycles. The van der Waals surface area contributed by atoms with Crippen molar-refractivity contribution in [3.8, 4) is 5.75 Å². The Kier molecular flexibility index (Phi) is 8.00. The minimum Gasteiger partial charge on any atom is -0.484 e. The zero-order chi connectivity index (χ0) is 23.1. The smallest absolute Gasteiger partial charge is 0.282 e. The molecule has 9 heteroatoms. The third-order valence-electron chi connectivity index (χ3n) is 5.46. The van der Waals surface area contributed by atoms with Crippen molar-refractivity contribution in [1.29, 1.82) is 0 Å². The van der Waals surface area contributed by atoms with Gasteiger partial charge >= 0.3 is 0 Å². The van der Waals surface area contributed by atoms with Crippen molar-refractivity contribution in [2.45, 2.75) is 13.8 Å². The van der Waals surface area contributed by atoms with Crippen molar-refractivity contribution in [2.75, 3.05) is 45.9 Å². The molecule has 1 saturated heterocycles. The molecule has 172 valence electrons. The Balaban J connectivity index is 1.50. The second-order valence-electron chi connectivity index (χ2n) is 7.38. The molecule has 3 rings (SSSR count). The van der Waals surface area contributed by atoms with Crippen molar-refractivity contribution in [2.24, 2.45) is 0 Å². The highest BCUT2D eigenvalue weighted by Gasteiger charge is 2.32. The fourth-order valence-corrected chi connectivity index (χ4v) is 5.18. The van der Waals surface area contributed by atoms with Gasteiger partial charge in [-0.05, 0) is 24.3 Å². The van der Waals surface area contributed by atoms with Gasteiger partial charge in [-0.1, -0.05) is 44.2 Å². The van der Waals surface area contributed by atoms with Gasteiger partial charge in [0.15, 0.2) is 12.4 Å². The lowest BCUT2D eigenvalue weighted by molar-refractivity contribution is -0.134. The Morgan fingerprint density at radius 3 is 2.00 bits per heavy atom. The maximum atomic E-state index is 12.6. The van der Waals surface area contributed by atoms with E-state index in [4.69, 9.17) is 4.74 Å². The lowest BCUT2D eigenvalue weighted by Gasteiger charge is -2.36. The van der Waals surface area contributed by atoms with E-state index < -0.39 is 10.2 Å². The van der Waals surface area contributed by atoms with Gasteiger partial charge in [-0.25, -0.2) is 0 Å². The Hall–Kier alpha value is -2.75. The highest BCUT2D eigenvalue weighted by atomic mass is 32.2. The summed E-state index contributed by atoms with van der Waals surface area (Å²) in [5, 5.41) is 0. The SMILES string of the molecule is CCN(CC)S(=O)(=O)N1CCN(C(=O)COc2ccc(C(=O)c3ccccc3)cc2)CC1. The molecule has 1 aliphatic rings. The summed E-state index contributed by atoms with van der Waals surface area (Å²) in [4.78, 5) is 26.6. The van der Waals surface area contributed by atoms with Gasteiger partial charge in [0.1, 0.15) is 5.75 Å². The van der Waals surface area contributed by atoms with E-state index in [1.165, 1.54) is 8.61 Å². The molecule has 0 spiro atoms. The van der Waals surface area contributed by atoms with Crippen LogP contribution in [0, 0.1) is 0 Å². The predicted molar refractivity (Wildman–Crippen MR) is 122 cm³/mol. The second kappa shape index (κ2) is 10.7. The molecule has 0 bridgehead atoms. The average Bonchev–Trinajstić information content (AvgIpc) is 2.83. The van der Waals surface area contributed by atoms with Crippen LogP contribution in [0.2, 0.25) is 0 Å². The number of carbonyl (C=O) groups excluding carboxylic acids is 2. The van der Waals surface area contributed by atoms with Crippen molar-refractivity contribution in [3.63, 3.8) is 0 Å². The number of hydrogen-bond acceptors (Lipinski definition) is 5. The largest absolute Gasteiger partial charge is 0.484 e. The number of carbonyl (C=O) groups is 2. The van der Waals surface area contributed by atoms with E-state index in [0.717, 1.165) is 0 Å². The summed E-state index contributed by atoms with van der Waals surface area (Å²) in [5.74, 6) is 0.214. The third-order valence-corrected chi connectivity index (χ3v) is 7.65. The van der Waals surface area contributed by atoms with E-state index in [9.17, 15) is 18.0 Å². The first-order valence-electron chi connectivity index (χ1n) is 10.7. The lowest BCUT2D eigenvalue weighted by atomic mass is 10.0. The zero-order valence-corrected chi connectivity index (χ0v) is 19.3. The molecule has 2 aromatic carbocycles. The number of piperazine rings is 1. The first kappa shape index (κ1) is 23.9. The van der Waals surface area contributed by atoms with Crippen LogP contribution in [0.5, 0.6) is 5.75 Å². The van der Waals surface area contributed by atoms with Crippen LogP contribution < -0.4 is 4.74 Å². The van der Waals surface area contributed by atoms with Crippen LogP contribution in [0.1, 0.15) is 29.8 Å². The summed E-state index contributed by atoms with van der Waals surface area (Å²) in [6.45, 7) is 5.49. The van der Waals surface area contributed by atoms with E-state index in [1.807, 2.05) is 32.0 Å². The molecule has 0 radical (unpaired) electrons. The fourth-order valence-electron chi connectivity index (χ4n) is 3.58. The van der Waals surface area contributed by atoms with Gasteiger partial charge in [0, 0.05) is 50.4 Å². The van der Waals surface area contributed by atoms with E-state index in [2.05, 4.69) is 0 Å². The Morgan fingerprint density at radius 1 is 0.875 bits per heavy atom. The van der Waals surface area contributed by atoms with Crippen LogP contribution in [0.25, 0.3) is 0 Å². The Bertz CT molecular complexity index is 1010. The standard InChI is InChI=1S/C23H29N3O5S/c1-3-25(4-2)32(29,30)26-16-14-24(15-17-26)22(27)18-31-21-12-10-20(11-13-21)23(28)19-8-6-5-7-9-19/h5-13H,3-4,14-18H2,1-2H3. The van der Waals surface area contributed by atoms with Gasteiger partial charge < -0.3 is 9.64 Å². The molecule has 32 heavy (non-hydrogen) atoms. The quantitative estimate of drug-likeness (QED) is 0.536. The topological polar surface area (TPSA) is 87.2 Å². The highest BCUT2D eigenvalue weighted by Crippen LogP contribution is 2.16. The molecule has 0 aromatic heterocycles. The first-order valence-corrected chi connectivity index (χ1v) is 12.1. The maximum absolute atomic E-state index is 12.6. The van der Waals surface area contributed by atoms with Crippen molar-refractivity contribution < 1.29 is 22.7 Å². The molecular formula is C23H29N3O5S. The molecule has 2 aromatic rings. The summed E-state index contributed by atoms with van der Waals surface area (Å²) in [6.07, 6.45) is 0. The van der Waals surface area contributed by atoms with Crippen molar-refractivity contribution in [1.82, 2.24) is 13.5 Å². The van der Waals surface area contributed by atoms with Crippen LogP contribution in [0.15, 0.2) is 54.6 Å². The minimum absolute atomic E-state index is 0.0780. The Morgan fingerprint density at radius 2 is 1.44 bits per heavy atom. The molecule has 0 aliphatic carbocycles. The van der Waals surface area contributed by atoms with Gasteiger partial charge in [0.25, 0.3) is 16.1 Å². The molecule has 0 atom stereocenters. The van der Waals surface area contributed by atoms with Gasteiger partial charge in [0.05, 0.1) is 0 Å². The predicted octanol–water partition coefficient (Wildman–Crippen LogP) is 2.03.